The van der Waals surface area contributed by atoms with Crippen LogP contribution in [0.25, 0.3) is 0 Å². The normalized spacial score (nSPS) is 10.8. The average Bonchev–Trinajstić information content (AvgIpc) is 2.94. The minimum atomic E-state index is -0.0580. The van der Waals surface area contributed by atoms with Crippen LogP contribution in [0.3, 0.4) is 0 Å². The molecule has 4 nitrogen and oxygen atoms in total. The van der Waals surface area contributed by atoms with Crippen LogP contribution in [0.4, 0.5) is 0 Å². The van der Waals surface area contributed by atoms with Gasteiger partial charge in [0, 0.05) is 12.2 Å². The highest BCUT2D eigenvalue weighted by atomic mass is 35.5. The van der Waals surface area contributed by atoms with Crippen LogP contribution in [0.15, 0.2) is 48.5 Å². The Morgan fingerprint density at radius 2 is 1.78 bits per heavy atom. The minimum Gasteiger partial charge on any atom is -0.352 e. The lowest BCUT2D eigenvalue weighted by molar-refractivity contribution is -0.120. The van der Waals surface area contributed by atoms with Gasteiger partial charge in [-0.15, -0.1) is 0 Å². The number of aryl methyl sites for hydroxylation is 2. The average molecular weight is 402 g/mol. The van der Waals surface area contributed by atoms with Gasteiger partial charge in [-0.25, -0.2) is 0 Å². The number of nitrogens with one attached hydrogen (secondary N) is 1. The van der Waals surface area contributed by atoms with Crippen molar-refractivity contribution < 1.29 is 4.79 Å². The quantitative estimate of drug-likeness (QED) is 0.649. The zero-order valence-electron chi connectivity index (χ0n) is 15.3. The van der Waals surface area contributed by atoms with Gasteiger partial charge in [0.1, 0.15) is 0 Å². The van der Waals surface area contributed by atoms with E-state index in [9.17, 15) is 4.79 Å². The second-order valence-corrected chi connectivity index (χ2v) is 7.42. The highest BCUT2D eigenvalue weighted by Crippen LogP contribution is 2.22. The molecule has 0 spiro atoms. The van der Waals surface area contributed by atoms with Crippen molar-refractivity contribution in [3.05, 3.63) is 86.7 Å². The van der Waals surface area contributed by atoms with E-state index in [1.165, 1.54) is 0 Å². The number of hydrogen-bond donors (Lipinski definition) is 1. The second kappa shape index (κ2) is 8.59. The van der Waals surface area contributed by atoms with Gasteiger partial charge < -0.3 is 5.32 Å². The molecule has 6 heteroatoms. The first-order valence-electron chi connectivity index (χ1n) is 8.70. The molecule has 0 aliphatic heterocycles. The third-order valence-electron chi connectivity index (χ3n) is 4.27. The Balaban J connectivity index is 1.58. The Hall–Kier alpha value is -2.30. The van der Waals surface area contributed by atoms with Crippen molar-refractivity contribution in [1.29, 1.82) is 0 Å². The number of aromatic nitrogens is 2. The Labute approximate surface area is 169 Å². The Kier molecular flexibility index (Phi) is 6.19. The number of carbonyl (C=O) groups is 1. The summed E-state index contributed by atoms with van der Waals surface area (Å²) >= 11 is 11.9. The molecule has 0 unspecified atom stereocenters. The lowest BCUT2D eigenvalue weighted by Gasteiger charge is -2.09. The molecule has 140 valence electrons. The number of hydrogen-bond acceptors (Lipinski definition) is 2. The number of halogens is 2. The first kappa shape index (κ1) is 19.5. The van der Waals surface area contributed by atoms with Gasteiger partial charge in [-0.2, -0.15) is 5.10 Å². The summed E-state index contributed by atoms with van der Waals surface area (Å²) in [5.41, 5.74) is 5.18. The van der Waals surface area contributed by atoms with Crippen molar-refractivity contribution in [3.63, 3.8) is 0 Å². The van der Waals surface area contributed by atoms with E-state index in [1.54, 1.807) is 12.1 Å². The fraction of sp³-hybridized carbons (Fsp3) is 0.238. The fourth-order valence-corrected chi connectivity index (χ4v) is 3.26. The summed E-state index contributed by atoms with van der Waals surface area (Å²) in [7, 11) is 0. The van der Waals surface area contributed by atoms with Crippen LogP contribution >= 0.6 is 23.2 Å². The predicted octanol–water partition coefficient (Wildman–Crippen LogP) is 4.71. The zero-order valence-corrected chi connectivity index (χ0v) is 16.8. The molecule has 0 saturated heterocycles. The van der Waals surface area contributed by atoms with E-state index >= 15 is 0 Å². The summed E-state index contributed by atoms with van der Waals surface area (Å²) in [5.74, 6) is -0.0580. The molecule has 1 amide bonds. The third kappa shape index (κ3) is 5.34. The van der Waals surface area contributed by atoms with E-state index in [1.807, 2.05) is 36.7 Å². The van der Waals surface area contributed by atoms with Crippen LogP contribution in [-0.2, 0) is 24.3 Å². The maximum absolute atomic E-state index is 12.2. The molecule has 1 heterocycles. The Bertz CT molecular complexity index is 966. The molecule has 3 rings (SSSR count). The molecule has 1 aromatic heterocycles. The summed E-state index contributed by atoms with van der Waals surface area (Å²) in [6.07, 6.45) is 0.266. The van der Waals surface area contributed by atoms with E-state index in [-0.39, 0.29) is 12.3 Å². The Morgan fingerprint density at radius 1 is 1.00 bits per heavy atom. The molecule has 0 radical (unpaired) electrons. The molecule has 0 bridgehead atoms. The SMILES string of the molecule is Cc1cc(C)n(Cc2cccc(CNC(=O)Cc3ccc(Cl)c(Cl)c3)c2)n1. The molecule has 27 heavy (non-hydrogen) atoms. The maximum atomic E-state index is 12.2. The smallest absolute Gasteiger partial charge is 0.224 e. The zero-order chi connectivity index (χ0) is 19.4. The van der Waals surface area contributed by atoms with Crippen molar-refractivity contribution in [2.24, 2.45) is 0 Å². The molecular formula is C21H21Cl2N3O. The van der Waals surface area contributed by atoms with E-state index in [0.717, 1.165) is 28.1 Å². The first-order chi connectivity index (χ1) is 12.9. The van der Waals surface area contributed by atoms with Crippen molar-refractivity contribution in [2.75, 3.05) is 0 Å². The summed E-state index contributed by atoms with van der Waals surface area (Å²) in [4.78, 5) is 12.2. The summed E-state index contributed by atoms with van der Waals surface area (Å²) < 4.78 is 1.98. The van der Waals surface area contributed by atoms with Crippen LogP contribution in [0.5, 0.6) is 0 Å². The van der Waals surface area contributed by atoms with Crippen molar-refractivity contribution in [3.8, 4) is 0 Å². The summed E-state index contributed by atoms with van der Waals surface area (Å²) in [5, 5.41) is 8.39. The highest BCUT2D eigenvalue weighted by Gasteiger charge is 2.07. The molecule has 0 fully saturated rings. The first-order valence-corrected chi connectivity index (χ1v) is 9.46. The summed E-state index contributed by atoms with van der Waals surface area (Å²) in [6, 6.07) is 15.5. The number of rotatable bonds is 6. The van der Waals surface area contributed by atoms with E-state index < -0.39 is 0 Å². The monoisotopic (exact) mass is 401 g/mol. The molecule has 3 aromatic rings. The molecule has 0 aliphatic carbocycles. The van der Waals surface area contributed by atoms with Crippen LogP contribution < -0.4 is 5.32 Å². The van der Waals surface area contributed by atoms with Crippen molar-refractivity contribution in [1.82, 2.24) is 15.1 Å². The number of benzene rings is 2. The van der Waals surface area contributed by atoms with Gasteiger partial charge in [-0.1, -0.05) is 53.5 Å². The molecule has 2 aromatic carbocycles. The van der Waals surface area contributed by atoms with E-state index in [4.69, 9.17) is 23.2 Å². The van der Waals surface area contributed by atoms with Gasteiger partial charge in [-0.3, -0.25) is 9.48 Å². The number of amides is 1. The predicted molar refractivity (Wildman–Crippen MR) is 109 cm³/mol. The van der Waals surface area contributed by atoms with Crippen molar-refractivity contribution >= 4 is 29.1 Å². The number of nitrogens with zero attached hydrogens (tertiary/aromatic N) is 2. The number of carbonyl (C=O) groups excluding carboxylic acids is 1. The topological polar surface area (TPSA) is 46.9 Å². The lowest BCUT2D eigenvalue weighted by atomic mass is 10.1. The molecular weight excluding hydrogens is 381 g/mol. The van der Waals surface area contributed by atoms with Gasteiger partial charge in [0.2, 0.25) is 5.91 Å². The largest absolute Gasteiger partial charge is 0.352 e. The fourth-order valence-electron chi connectivity index (χ4n) is 2.94. The van der Waals surface area contributed by atoms with E-state index in [0.29, 0.717) is 23.1 Å². The Morgan fingerprint density at radius 3 is 2.48 bits per heavy atom. The van der Waals surface area contributed by atoms with Crippen LogP contribution in [0.1, 0.15) is 28.1 Å². The highest BCUT2D eigenvalue weighted by molar-refractivity contribution is 6.42. The summed E-state index contributed by atoms with van der Waals surface area (Å²) in [6.45, 7) is 5.23. The van der Waals surface area contributed by atoms with E-state index in [2.05, 4.69) is 28.6 Å². The van der Waals surface area contributed by atoms with Gasteiger partial charge in [0.25, 0.3) is 0 Å². The van der Waals surface area contributed by atoms with Crippen molar-refractivity contribution in [2.45, 2.75) is 33.4 Å². The van der Waals surface area contributed by atoms with Crippen LogP contribution in [0, 0.1) is 13.8 Å². The molecule has 0 saturated carbocycles. The minimum absolute atomic E-state index is 0.0580. The second-order valence-electron chi connectivity index (χ2n) is 6.61. The standard InChI is InChI=1S/C21H21Cl2N3O/c1-14-8-15(2)26(25-14)13-18-5-3-4-17(9-18)12-24-21(27)11-16-6-7-19(22)20(23)10-16/h3-10H,11-13H2,1-2H3,(H,24,27). The van der Waals surface area contributed by atoms with Gasteiger partial charge in [0.15, 0.2) is 0 Å². The van der Waals surface area contributed by atoms with Crippen LogP contribution in [0.2, 0.25) is 10.0 Å². The lowest BCUT2D eigenvalue weighted by Crippen LogP contribution is -2.24. The maximum Gasteiger partial charge on any atom is 0.224 e. The van der Waals surface area contributed by atoms with Gasteiger partial charge in [0.05, 0.1) is 28.7 Å². The molecule has 1 N–H and O–H groups in total. The third-order valence-corrected chi connectivity index (χ3v) is 5.00. The van der Waals surface area contributed by atoms with Gasteiger partial charge in [-0.05, 0) is 48.7 Å². The van der Waals surface area contributed by atoms with Crippen LogP contribution in [-0.4, -0.2) is 15.7 Å². The molecule has 0 aliphatic rings. The van der Waals surface area contributed by atoms with Gasteiger partial charge >= 0.3 is 0 Å². The molecule has 0 atom stereocenters.